The lowest BCUT2D eigenvalue weighted by atomic mass is 9.88. The van der Waals surface area contributed by atoms with Gasteiger partial charge in [0.25, 0.3) is 0 Å². The summed E-state index contributed by atoms with van der Waals surface area (Å²) in [6, 6.07) is 6.67. The smallest absolute Gasteiger partial charge is 0.247 e. The maximum Gasteiger partial charge on any atom is 0.247 e. The van der Waals surface area contributed by atoms with E-state index >= 15 is 0 Å². The summed E-state index contributed by atoms with van der Waals surface area (Å²) in [5.74, 6) is 0.560. The third kappa shape index (κ3) is 4.98. The molecule has 2 rings (SSSR count). The molecule has 132 valence electrons. The van der Waals surface area contributed by atoms with Crippen LogP contribution >= 0.6 is 0 Å². The van der Waals surface area contributed by atoms with Crippen LogP contribution in [0.4, 0.5) is 5.69 Å². The lowest BCUT2D eigenvalue weighted by molar-refractivity contribution is -0.130. The van der Waals surface area contributed by atoms with E-state index in [0.29, 0.717) is 11.4 Å². The van der Waals surface area contributed by atoms with Crippen LogP contribution in [0.3, 0.4) is 0 Å². The van der Waals surface area contributed by atoms with Gasteiger partial charge in [-0.15, -0.1) is 0 Å². The Kier molecular flexibility index (Phi) is 6.64. The van der Waals surface area contributed by atoms with Gasteiger partial charge in [-0.05, 0) is 30.9 Å². The van der Waals surface area contributed by atoms with Gasteiger partial charge in [-0.2, -0.15) is 0 Å². The highest BCUT2D eigenvalue weighted by molar-refractivity contribution is 5.97. The zero-order chi connectivity index (χ0) is 17.5. The van der Waals surface area contributed by atoms with Crippen LogP contribution in [0.1, 0.15) is 46.0 Å². The Labute approximate surface area is 144 Å². The van der Waals surface area contributed by atoms with Crippen molar-refractivity contribution in [2.75, 3.05) is 12.4 Å². The van der Waals surface area contributed by atoms with Crippen molar-refractivity contribution in [1.82, 2.24) is 5.32 Å². The van der Waals surface area contributed by atoms with Gasteiger partial charge < -0.3 is 15.4 Å². The number of benzene rings is 1. The molecule has 0 radical (unpaired) electrons. The van der Waals surface area contributed by atoms with Crippen LogP contribution in [-0.2, 0) is 9.59 Å². The SMILES string of the molecule is COc1cccc(NC(=O)[C@H](NC(=O)C2CCCCC2)C(C)C)c1. The van der Waals surface area contributed by atoms with Gasteiger partial charge in [0.2, 0.25) is 11.8 Å². The number of ether oxygens (including phenoxy) is 1. The molecule has 1 atom stereocenters. The predicted octanol–water partition coefficient (Wildman–Crippen LogP) is 3.35. The van der Waals surface area contributed by atoms with Crippen molar-refractivity contribution < 1.29 is 14.3 Å². The zero-order valence-electron chi connectivity index (χ0n) is 14.8. The third-order valence-electron chi connectivity index (χ3n) is 4.56. The quantitative estimate of drug-likeness (QED) is 0.839. The first-order valence-electron chi connectivity index (χ1n) is 8.76. The second-order valence-electron chi connectivity index (χ2n) is 6.79. The fraction of sp³-hybridized carbons (Fsp3) is 0.579. The van der Waals surface area contributed by atoms with Crippen LogP contribution in [0.5, 0.6) is 5.75 Å². The minimum Gasteiger partial charge on any atom is -0.497 e. The van der Waals surface area contributed by atoms with E-state index in [1.165, 1.54) is 6.42 Å². The zero-order valence-corrected chi connectivity index (χ0v) is 14.8. The minimum absolute atomic E-state index is 0.00851. The summed E-state index contributed by atoms with van der Waals surface area (Å²) in [5, 5.41) is 5.83. The molecule has 1 aliphatic rings. The van der Waals surface area contributed by atoms with E-state index in [1.54, 1.807) is 19.2 Å². The summed E-state index contributed by atoms with van der Waals surface area (Å²) in [4.78, 5) is 25.1. The highest BCUT2D eigenvalue weighted by Crippen LogP contribution is 2.24. The van der Waals surface area contributed by atoms with Crippen LogP contribution in [0.2, 0.25) is 0 Å². The highest BCUT2D eigenvalue weighted by Gasteiger charge is 2.28. The summed E-state index contributed by atoms with van der Waals surface area (Å²) in [5.41, 5.74) is 0.664. The van der Waals surface area contributed by atoms with Crippen molar-refractivity contribution in [2.24, 2.45) is 11.8 Å². The van der Waals surface area contributed by atoms with Crippen LogP contribution < -0.4 is 15.4 Å². The van der Waals surface area contributed by atoms with E-state index in [0.717, 1.165) is 25.7 Å². The Morgan fingerprint density at radius 3 is 2.50 bits per heavy atom. The van der Waals surface area contributed by atoms with E-state index < -0.39 is 6.04 Å². The van der Waals surface area contributed by atoms with Gasteiger partial charge in [0.15, 0.2) is 0 Å². The monoisotopic (exact) mass is 332 g/mol. The fourth-order valence-corrected chi connectivity index (χ4v) is 3.09. The Morgan fingerprint density at radius 1 is 1.17 bits per heavy atom. The number of rotatable bonds is 6. The molecule has 2 N–H and O–H groups in total. The predicted molar refractivity (Wildman–Crippen MR) is 95.0 cm³/mol. The first-order valence-corrected chi connectivity index (χ1v) is 8.76. The molecule has 1 aromatic carbocycles. The lowest BCUT2D eigenvalue weighted by Gasteiger charge is -2.26. The van der Waals surface area contributed by atoms with Gasteiger partial charge >= 0.3 is 0 Å². The summed E-state index contributed by atoms with van der Waals surface area (Å²) in [6.45, 7) is 3.88. The Hall–Kier alpha value is -2.04. The topological polar surface area (TPSA) is 67.4 Å². The van der Waals surface area contributed by atoms with E-state index in [2.05, 4.69) is 10.6 Å². The molecule has 0 aromatic heterocycles. The van der Waals surface area contributed by atoms with E-state index in [-0.39, 0.29) is 23.7 Å². The number of carbonyl (C=O) groups excluding carboxylic acids is 2. The van der Waals surface area contributed by atoms with Crippen molar-refractivity contribution in [3.05, 3.63) is 24.3 Å². The highest BCUT2D eigenvalue weighted by atomic mass is 16.5. The molecule has 0 aliphatic heterocycles. The average molecular weight is 332 g/mol. The maximum atomic E-state index is 12.6. The average Bonchev–Trinajstić information content (AvgIpc) is 2.60. The fourth-order valence-electron chi connectivity index (χ4n) is 3.09. The standard InChI is InChI=1S/C19H28N2O3/c1-13(2)17(21-18(22)14-8-5-4-6-9-14)19(23)20-15-10-7-11-16(12-15)24-3/h7,10-14,17H,4-6,8-9H2,1-3H3,(H,20,23)(H,21,22)/t17-/m1/s1. The first kappa shape index (κ1) is 18.3. The summed E-state index contributed by atoms with van der Waals surface area (Å²) in [6.07, 6.45) is 5.25. The molecule has 1 aliphatic carbocycles. The van der Waals surface area contributed by atoms with Gasteiger partial charge in [-0.3, -0.25) is 9.59 Å². The molecule has 24 heavy (non-hydrogen) atoms. The minimum atomic E-state index is -0.536. The first-order chi connectivity index (χ1) is 11.5. The number of amides is 2. The van der Waals surface area contributed by atoms with Crippen LogP contribution in [-0.4, -0.2) is 25.0 Å². The molecular weight excluding hydrogens is 304 g/mol. The molecule has 0 spiro atoms. The number of carbonyl (C=O) groups is 2. The molecule has 0 heterocycles. The number of hydrogen-bond acceptors (Lipinski definition) is 3. The van der Waals surface area contributed by atoms with Gasteiger partial charge in [-0.25, -0.2) is 0 Å². The van der Waals surface area contributed by atoms with E-state index in [1.807, 2.05) is 26.0 Å². The van der Waals surface area contributed by atoms with E-state index in [4.69, 9.17) is 4.74 Å². The van der Waals surface area contributed by atoms with Crippen molar-refractivity contribution in [3.8, 4) is 5.75 Å². The van der Waals surface area contributed by atoms with Gasteiger partial charge in [-0.1, -0.05) is 39.2 Å². The summed E-state index contributed by atoms with van der Waals surface area (Å²) >= 11 is 0. The number of methoxy groups -OCH3 is 1. The second-order valence-corrected chi connectivity index (χ2v) is 6.79. The molecule has 2 amide bonds. The summed E-state index contributed by atoms with van der Waals surface area (Å²) in [7, 11) is 1.59. The van der Waals surface area contributed by atoms with Gasteiger partial charge in [0.1, 0.15) is 11.8 Å². The number of nitrogens with one attached hydrogen (secondary N) is 2. The Bertz CT molecular complexity index is 565. The molecule has 1 aromatic rings. The largest absolute Gasteiger partial charge is 0.497 e. The van der Waals surface area contributed by atoms with Crippen LogP contribution in [0.25, 0.3) is 0 Å². The molecular formula is C19H28N2O3. The van der Waals surface area contributed by atoms with Crippen molar-refractivity contribution in [2.45, 2.75) is 52.0 Å². The van der Waals surface area contributed by atoms with E-state index in [9.17, 15) is 9.59 Å². The lowest BCUT2D eigenvalue weighted by Crippen LogP contribution is -2.49. The number of hydrogen-bond donors (Lipinski definition) is 2. The maximum absolute atomic E-state index is 12.6. The molecule has 5 heteroatoms. The molecule has 1 saturated carbocycles. The normalized spacial score (nSPS) is 16.5. The Morgan fingerprint density at radius 2 is 1.88 bits per heavy atom. The molecule has 0 saturated heterocycles. The van der Waals surface area contributed by atoms with Gasteiger partial charge in [0.05, 0.1) is 7.11 Å². The van der Waals surface area contributed by atoms with Gasteiger partial charge in [0, 0.05) is 17.7 Å². The van der Waals surface area contributed by atoms with Crippen molar-refractivity contribution in [1.29, 1.82) is 0 Å². The third-order valence-corrected chi connectivity index (χ3v) is 4.56. The molecule has 0 unspecified atom stereocenters. The molecule has 0 bridgehead atoms. The van der Waals surface area contributed by atoms with Crippen molar-refractivity contribution in [3.63, 3.8) is 0 Å². The molecule has 1 fully saturated rings. The van der Waals surface area contributed by atoms with Crippen molar-refractivity contribution >= 4 is 17.5 Å². The molecule has 5 nitrogen and oxygen atoms in total. The second kappa shape index (κ2) is 8.71. The van der Waals surface area contributed by atoms with Crippen LogP contribution in [0.15, 0.2) is 24.3 Å². The number of anilines is 1. The summed E-state index contributed by atoms with van der Waals surface area (Å²) < 4.78 is 5.17. The Balaban J connectivity index is 2.00. The van der Waals surface area contributed by atoms with Crippen LogP contribution in [0, 0.1) is 11.8 Å².